The summed E-state index contributed by atoms with van der Waals surface area (Å²) in [6.45, 7) is 3.94. The molecule has 0 amide bonds. The van der Waals surface area contributed by atoms with Crippen LogP contribution in [0.25, 0.3) is 0 Å². The highest BCUT2D eigenvalue weighted by atomic mass is 35.5. The fraction of sp³-hybridized carbons (Fsp3) is 0.412. The van der Waals surface area contributed by atoms with Gasteiger partial charge in [0.2, 0.25) is 0 Å². The first-order valence-corrected chi connectivity index (χ1v) is 7.62. The number of furan rings is 1. The molecule has 0 aliphatic heterocycles. The van der Waals surface area contributed by atoms with Crippen LogP contribution < -0.4 is 5.32 Å². The minimum Gasteiger partial charge on any atom is -0.469 e. The molecule has 1 N–H and O–H groups in total. The highest BCUT2D eigenvalue weighted by Gasteiger charge is 2.11. The number of nitrogens with zero attached hydrogens (tertiary/aromatic N) is 1. The molecule has 114 valence electrons. The molecule has 1 aromatic carbocycles. The molecule has 0 fully saturated rings. The zero-order chi connectivity index (χ0) is 15.2. The Hall–Kier alpha value is -1.29. The number of rotatable bonds is 7. The summed E-state index contributed by atoms with van der Waals surface area (Å²) in [5, 5.41) is 4.15. The van der Waals surface area contributed by atoms with Gasteiger partial charge in [-0.05, 0) is 57.7 Å². The zero-order valence-corrected chi connectivity index (χ0v) is 13.7. The lowest BCUT2D eigenvalue weighted by Crippen LogP contribution is -2.25. The largest absolute Gasteiger partial charge is 0.469 e. The quantitative estimate of drug-likeness (QED) is 0.837. The lowest BCUT2D eigenvalue weighted by molar-refractivity contribution is 0.302. The molecule has 1 atom stereocenters. The fourth-order valence-corrected chi connectivity index (χ4v) is 2.59. The van der Waals surface area contributed by atoms with Gasteiger partial charge < -0.3 is 14.6 Å². The Morgan fingerprint density at radius 3 is 2.52 bits per heavy atom. The van der Waals surface area contributed by atoms with Gasteiger partial charge in [-0.15, -0.1) is 0 Å². The van der Waals surface area contributed by atoms with Gasteiger partial charge in [-0.25, -0.2) is 0 Å². The number of aryl methyl sites for hydroxylation is 1. The molecule has 0 spiro atoms. The van der Waals surface area contributed by atoms with Gasteiger partial charge in [-0.3, -0.25) is 0 Å². The molecule has 4 heteroatoms. The third-order valence-corrected chi connectivity index (χ3v) is 4.08. The maximum Gasteiger partial charge on any atom is 0.105 e. The Bertz CT molecular complexity index is 550. The van der Waals surface area contributed by atoms with Crippen LogP contribution in [0.4, 0.5) is 0 Å². The third kappa shape index (κ3) is 4.60. The Morgan fingerprint density at radius 1 is 1.24 bits per heavy atom. The molecule has 3 nitrogen and oxygen atoms in total. The third-order valence-electron chi connectivity index (χ3n) is 3.83. The van der Waals surface area contributed by atoms with Crippen molar-refractivity contribution in [3.05, 3.63) is 58.5 Å². The topological polar surface area (TPSA) is 28.4 Å². The first-order chi connectivity index (χ1) is 10.1. The summed E-state index contributed by atoms with van der Waals surface area (Å²) < 4.78 is 5.34. The molecule has 1 unspecified atom stereocenters. The molecule has 0 saturated heterocycles. The van der Waals surface area contributed by atoms with Crippen LogP contribution in [0.3, 0.4) is 0 Å². The number of halogens is 1. The lowest BCUT2D eigenvalue weighted by Gasteiger charge is -2.21. The maximum absolute atomic E-state index is 5.94. The summed E-state index contributed by atoms with van der Waals surface area (Å²) in [6.07, 6.45) is 2.80. The van der Waals surface area contributed by atoms with E-state index < -0.39 is 0 Å². The van der Waals surface area contributed by atoms with Crippen LogP contribution in [0.2, 0.25) is 5.02 Å². The molecule has 2 aromatic rings. The fourth-order valence-electron chi connectivity index (χ4n) is 2.47. The van der Waals surface area contributed by atoms with E-state index in [0.717, 1.165) is 30.3 Å². The minimum atomic E-state index is 0.343. The second-order valence-corrected chi connectivity index (χ2v) is 5.86. The predicted octanol–water partition coefficient (Wildman–Crippen LogP) is 4.02. The molecular weight excluding hydrogens is 284 g/mol. The smallest absolute Gasteiger partial charge is 0.105 e. The lowest BCUT2D eigenvalue weighted by atomic mass is 10.0. The predicted molar refractivity (Wildman–Crippen MR) is 87.6 cm³/mol. The average molecular weight is 307 g/mol. The molecule has 2 rings (SSSR count). The highest BCUT2D eigenvalue weighted by Crippen LogP contribution is 2.20. The van der Waals surface area contributed by atoms with E-state index in [2.05, 4.69) is 29.4 Å². The van der Waals surface area contributed by atoms with E-state index in [1.165, 1.54) is 11.1 Å². The van der Waals surface area contributed by atoms with E-state index in [4.69, 9.17) is 16.0 Å². The standard InChI is InChI=1S/C17H23ClN2O/c1-13-15(9-11-21-13)12-20(3)10-8-17(19-2)14-4-6-16(18)7-5-14/h4-7,9,11,17,19H,8,10,12H2,1-3H3. The van der Waals surface area contributed by atoms with Gasteiger partial charge in [-0.1, -0.05) is 23.7 Å². The first kappa shape index (κ1) is 16.1. The van der Waals surface area contributed by atoms with E-state index in [-0.39, 0.29) is 0 Å². The van der Waals surface area contributed by atoms with Crippen molar-refractivity contribution in [3.63, 3.8) is 0 Å². The monoisotopic (exact) mass is 306 g/mol. The van der Waals surface area contributed by atoms with E-state index in [1.54, 1.807) is 6.26 Å². The summed E-state index contributed by atoms with van der Waals surface area (Å²) in [6, 6.07) is 10.4. The highest BCUT2D eigenvalue weighted by molar-refractivity contribution is 6.30. The molecule has 1 aromatic heterocycles. The van der Waals surface area contributed by atoms with E-state index in [1.807, 2.05) is 32.2 Å². The minimum absolute atomic E-state index is 0.343. The van der Waals surface area contributed by atoms with Gasteiger partial charge in [0.05, 0.1) is 6.26 Å². The summed E-state index contributed by atoms with van der Waals surface area (Å²) >= 11 is 5.94. The molecule has 0 saturated carbocycles. The Morgan fingerprint density at radius 2 is 1.95 bits per heavy atom. The van der Waals surface area contributed by atoms with Crippen LogP contribution in [-0.4, -0.2) is 25.5 Å². The van der Waals surface area contributed by atoms with Crippen molar-refractivity contribution in [2.45, 2.75) is 25.9 Å². The zero-order valence-electron chi connectivity index (χ0n) is 12.9. The molecule has 0 bridgehead atoms. The summed E-state index contributed by atoms with van der Waals surface area (Å²) in [5.41, 5.74) is 2.53. The number of hydrogen-bond acceptors (Lipinski definition) is 3. The van der Waals surface area contributed by atoms with Crippen molar-refractivity contribution < 1.29 is 4.42 Å². The normalized spacial score (nSPS) is 12.8. The molecule has 1 heterocycles. The number of benzene rings is 1. The van der Waals surface area contributed by atoms with Crippen molar-refractivity contribution in [3.8, 4) is 0 Å². The van der Waals surface area contributed by atoms with E-state index in [0.29, 0.717) is 6.04 Å². The van der Waals surface area contributed by atoms with Crippen LogP contribution in [0.1, 0.15) is 29.3 Å². The van der Waals surface area contributed by atoms with Crippen LogP contribution >= 0.6 is 11.6 Å². The second kappa shape index (κ2) is 7.64. The number of nitrogens with one attached hydrogen (secondary N) is 1. The summed E-state index contributed by atoms with van der Waals surface area (Å²) in [5.74, 6) is 1.00. The van der Waals surface area contributed by atoms with Gasteiger partial charge in [0, 0.05) is 23.2 Å². The molecular formula is C17H23ClN2O. The summed E-state index contributed by atoms with van der Waals surface area (Å²) in [4.78, 5) is 2.32. The number of hydrogen-bond donors (Lipinski definition) is 1. The Kier molecular flexibility index (Phi) is 5.85. The van der Waals surface area contributed by atoms with Gasteiger partial charge in [0.1, 0.15) is 5.76 Å². The van der Waals surface area contributed by atoms with Crippen LogP contribution in [-0.2, 0) is 6.54 Å². The average Bonchev–Trinajstić information content (AvgIpc) is 2.87. The van der Waals surface area contributed by atoms with Crippen molar-refractivity contribution in [1.82, 2.24) is 10.2 Å². The van der Waals surface area contributed by atoms with Gasteiger partial charge >= 0.3 is 0 Å². The summed E-state index contributed by atoms with van der Waals surface area (Å²) in [7, 11) is 4.14. The Labute approximate surface area is 131 Å². The molecule has 0 aliphatic carbocycles. The Balaban J connectivity index is 1.88. The van der Waals surface area contributed by atoms with E-state index >= 15 is 0 Å². The van der Waals surface area contributed by atoms with Crippen molar-refractivity contribution in [2.24, 2.45) is 0 Å². The second-order valence-electron chi connectivity index (χ2n) is 5.42. The van der Waals surface area contributed by atoms with Crippen molar-refractivity contribution in [2.75, 3.05) is 20.6 Å². The first-order valence-electron chi connectivity index (χ1n) is 7.24. The molecule has 0 aliphatic rings. The molecule has 0 radical (unpaired) electrons. The van der Waals surface area contributed by atoms with Gasteiger partial charge in [0.15, 0.2) is 0 Å². The van der Waals surface area contributed by atoms with Crippen molar-refractivity contribution in [1.29, 1.82) is 0 Å². The van der Waals surface area contributed by atoms with Crippen LogP contribution in [0, 0.1) is 6.92 Å². The van der Waals surface area contributed by atoms with Crippen LogP contribution in [0.5, 0.6) is 0 Å². The molecule has 21 heavy (non-hydrogen) atoms. The SMILES string of the molecule is CNC(CCN(C)Cc1ccoc1C)c1ccc(Cl)cc1. The maximum atomic E-state index is 5.94. The van der Waals surface area contributed by atoms with Crippen molar-refractivity contribution >= 4 is 11.6 Å². The van der Waals surface area contributed by atoms with Gasteiger partial charge in [0.25, 0.3) is 0 Å². The van der Waals surface area contributed by atoms with Crippen LogP contribution in [0.15, 0.2) is 41.0 Å². The van der Waals surface area contributed by atoms with Gasteiger partial charge in [-0.2, -0.15) is 0 Å². The van der Waals surface area contributed by atoms with E-state index in [9.17, 15) is 0 Å².